The standard InChI is InChI=1S/C34H38O10S/c1-21-17-19-25(40-22(2)35)33(5)30(42-31(37)24-15-11-8-12-16-24)28(41-26(36)20-18-23-13-9-7-10-14-23)27-29(43-45(6,38)39)34(21,33)44-32(27,3)4/h7-16,18,20,25,27-30H,1,17,19H2,2-6H3/b20-18+/t25-,27+,28-,29+,30-,33-,34+/m0/s1. The van der Waals surface area contributed by atoms with E-state index in [1.165, 1.54) is 13.0 Å². The topological polar surface area (TPSA) is 132 Å². The Kier molecular flexibility index (Phi) is 8.58. The minimum Gasteiger partial charge on any atom is -0.462 e. The van der Waals surface area contributed by atoms with Gasteiger partial charge in [0.25, 0.3) is 10.1 Å². The van der Waals surface area contributed by atoms with E-state index in [2.05, 4.69) is 6.58 Å². The molecule has 2 saturated carbocycles. The SMILES string of the molecule is C=C1CC[C@H](OC(C)=O)[C@@]2(C)[C@@H](OC(=O)c3ccccc3)[C@@H](OC(=O)/C=C/c3ccccc3)[C@@H]3[C@@H](OS(C)(=O)=O)[C@]12OC3(C)C. The lowest BCUT2D eigenvalue weighted by Crippen LogP contribution is -2.75. The van der Waals surface area contributed by atoms with E-state index in [0.717, 1.165) is 11.8 Å². The van der Waals surface area contributed by atoms with Gasteiger partial charge in [-0.25, -0.2) is 9.59 Å². The van der Waals surface area contributed by atoms with Crippen molar-refractivity contribution in [1.29, 1.82) is 0 Å². The first-order valence-corrected chi connectivity index (χ1v) is 16.6. The van der Waals surface area contributed by atoms with E-state index < -0.39 is 75.0 Å². The van der Waals surface area contributed by atoms with Gasteiger partial charge in [0.1, 0.15) is 23.9 Å². The van der Waals surface area contributed by atoms with Crippen molar-refractivity contribution in [3.05, 3.63) is 90.0 Å². The minimum atomic E-state index is -4.12. The average Bonchev–Trinajstić information content (AvgIpc) is 3.17. The lowest BCUT2D eigenvalue weighted by atomic mass is 9.50. The van der Waals surface area contributed by atoms with Crippen molar-refractivity contribution in [1.82, 2.24) is 0 Å². The minimum absolute atomic E-state index is 0.241. The molecule has 1 saturated heterocycles. The first-order valence-electron chi connectivity index (χ1n) is 14.7. The Morgan fingerprint density at radius 1 is 0.933 bits per heavy atom. The molecular formula is C34H38O10S. The van der Waals surface area contributed by atoms with Crippen LogP contribution in [0.1, 0.15) is 56.5 Å². The molecule has 10 nitrogen and oxygen atoms in total. The lowest BCUT2D eigenvalue weighted by molar-refractivity contribution is -0.257. The van der Waals surface area contributed by atoms with Gasteiger partial charge in [-0.05, 0) is 63.0 Å². The zero-order valence-electron chi connectivity index (χ0n) is 25.9. The Morgan fingerprint density at radius 2 is 1.56 bits per heavy atom. The van der Waals surface area contributed by atoms with Crippen LogP contribution in [0.4, 0.5) is 0 Å². The third-order valence-electron chi connectivity index (χ3n) is 9.19. The van der Waals surface area contributed by atoms with Gasteiger partial charge in [-0.2, -0.15) is 8.42 Å². The van der Waals surface area contributed by atoms with Gasteiger partial charge in [0.15, 0.2) is 6.10 Å². The molecule has 3 fully saturated rings. The fraction of sp³-hybridized carbons (Fsp3) is 0.441. The molecule has 2 aromatic rings. The molecule has 3 aliphatic rings. The summed E-state index contributed by atoms with van der Waals surface area (Å²) in [5, 5.41) is 0. The molecule has 11 heteroatoms. The maximum absolute atomic E-state index is 13.7. The number of esters is 3. The third-order valence-corrected chi connectivity index (χ3v) is 9.75. The summed E-state index contributed by atoms with van der Waals surface area (Å²) < 4.78 is 56.6. The summed E-state index contributed by atoms with van der Waals surface area (Å²) in [5.41, 5.74) is -2.85. The Bertz CT molecular complexity index is 1620. The van der Waals surface area contributed by atoms with E-state index in [-0.39, 0.29) is 12.0 Å². The molecule has 2 aliphatic carbocycles. The fourth-order valence-electron chi connectivity index (χ4n) is 7.43. The van der Waals surface area contributed by atoms with Gasteiger partial charge < -0.3 is 18.9 Å². The molecule has 240 valence electrons. The average molecular weight is 639 g/mol. The highest BCUT2D eigenvalue weighted by molar-refractivity contribution is 7.86. The molecule has 5 rings (SSSR count). The number of fused-ring (bicyclic) bond motifs is 1. The van der Waals surface area contributed by atoms with Gasteiger partial charge in [0, 0.05) is 13.0 Å². The molecule has 45 heavy (non-hydrogen) atoms. The number of hydrogen-bond donors (Lipinski definition) is 0. The summed E-state index contributed by atoms with van der Waals surface area (Å²) in [6.07, 6.45) is -0.483. The van der Waals surface area contributed by atoms with Crippen LogP contribution in [0.2, 0.25) is 0 Å². The van der Waals surface area contributed by atoms with E-state index in [0.29, 0.717) is 12.0 Å². The molecule has 0 radical (unpaired) electrons. The highest BCUT2D eigenvalue weighted by Crippen LogP contribution is 2.68. The number of benzene rings is 2. The van der Waals surface area contributed by atoms with Crippen LogP contribution in [0.15, 0.2) is 78.9 Å². The van der Waals surface area contributed by atoms with Gasteiger partial charge in [-0.15, -0.1) is 0 Å². The number of ether oxygens (including phenoxy) is 4. The molecule has 0 amide bonds. The number of rotatable bonds is 8. The lowest BCUT2D eigenvalue weighted by Gasteiger charge is -2.61. The van der Waals surface area contributed by atoms with Crippen molar-refractivity contribution in [3.8, 4) is 0 Å². The van der Waals surface area contributed by atoms with Crippen molar-refractivity contribution < 1.29 is 45.9 Å². The van der Waals surface area contributed by atoms with Crippen LogP contribution in [0, 0.1) is 11.3 Å². The molecule has 0 unspecified atom stereocenters. The van der Waals surface area contributed by atoms with Gasteiger partial charge in [0.2, 0.25) is 0 Å². The zero-order valence-corrected chi connectivity index (χ0v) is 26.7. The smallest absolute Gasteiger partial charge is 0.338 e. The molecule has 1 heterocycles. The van der Waals surface area contributed by atoms with Gasteiger partial charge in [-0.3, -0.25) is 8.98 Å². The molecule has 1 aliphatic heterocycles. The summed E-state index contributed by atoms with van der Waals surface area (Å²) >= 11 is 0. The van der Waals surface area contributed by atoms with Gasteiger partial charge >= 0.3 is 17.9 Å². The van der Waals surface area contributed by atoms with Crippen LogP contribution in [0.25, 0.3) is 6.08 Å². The summed E-state index contributed by atoms with van der Waals surface area (Å²) in [7, 11) is -4.12. The molecule has 2 bridgehead atoms. The Morgan fingerprint density at radius 3 is 2.16 bits per heavy atom. The molecule has 2 aromatic carbocycles. The van der Waals surface area contributed by atoms with Crippen LogP contribution < -0.4 is 0 Å². The summed E-state index contributed by atoms with van der Waals surface area (Å²) in [5.74, 6) is -3.04. The van der Waals surface area contributed by atoms with Crippen LogP contribution in [-0.4, -0.2) is 68.2 Å². The normalized spacial score (nSPS) is 32.0. The summed E-state index contributed by atoms with van der Waals surface area (Å²) in [6, 6.07) is 17.4. The Labute approximate surface area is 263 Å². The van der Waals surface area contributed by atoms with Crippen molar-refractivity contribution in [3.63, 3.8) is 0 Å². The maximum Gasteiger partial charge on any atom is 0.338 e. The van der Waals surface area contributed by atoms with E-state index >= 15 is 0 Å². The van der Waals surface area contributed by atoms with E-state index in [9.17, 15) is 22.8 Å². The van der Waals surface area contributed by atoms with Crippen LogP contribution >= 0.6 is 0 Å². The number of carbonyl (C=O) groups excluding carboxylic acids is 3. The highest BCUT2D eigenvalue weighted by atomic mass is 32.2. The number of carbonyl (C=O) groups is 3. The maximum atomic E-state index is 13.7. The van der Waals surface area contributed by atoms with Crippen molar-refractivity contribution in [2.75, 3.05) is 6.26 Å². The monoisotopic (exact) mass is 638 g/mol. The predicted octanol–water partition coefficient (Wildman–Crippen LogP) is 4.65. The quantitative estimate of drug-likeness (QED) is 0.132. The third kappa shape index (κ3) is 5.84. The number of hydrogen-bond acceptors (Lipinski definition) is 10. The van der Waals surface area contributed by atoms with Crippen molar-refractivity contribution in [2.24, 2.45) is 11.3 Å². The second-order valence-corrected chi connectivity index (χ2v) is 14.1. The van der Waals surface area contributed by atoms with Crippen LogP contribution in [-0.2, 0) is 42.8 Å². The molecule has 7 atom stereocenters. The fourth-order valence-corrected chi connectivity index (χ4v) is 8.06. The van der Waals surface area contributed by atoms with E-state index in [1.807, 2.05) is 30.3 Å². The molecular weight excluding hydrogens is 600 g/mol. The molecule has 0 aromatic heterocycles. The predicted molar refractivity (Wildman–Crippen MR) is 164 cm³/mol. The summed E-state index contributed by atoms with van der Waals surface area (Å²) in [6.45, 7) is 10.7. The Balaban J connectivity index is 1.70. The van der Waals surface area contributed by atoms with Crippen molar-refractivity contribution in [2.45, 2.75) is 76.2 Å². The summed E-state index contributed by atoms with van der Waals surface area (Å²) in [4.78, 5) is 39.7. The van der Waals surface area contributed by atoms with Gasteiger partial charge in [-0.1, -0.05) is 55.1 Å². The van der Waals surface area contributed by atoms with Gasteiger partial charge in [0.05, 0.1) is 28.8 Å². The second kappa shape index (κ2) is 11.9. The Hall–Kier alpha value is -3.80. The van der Waals surface area contributed by atoms with E-state index in [1.54, 1.807) is 57.2 Å². The molecule has 1 spiro atoms. The van der Waals surface area contributed by atoms with Crippen LogP contribution in [0.3, 0.4) is 0 Å². The van der Waals surface area contributed by atoms with E-state index in [4.69, 9.17) is 23.1 Å². The first kappa shape index (κ1) is 32.6. The molecule has 0 N–H and O–H groups in total. The van der Waals surface area contributed by atoms with Crippen LogP contribution in [0.5, 0.6) is 0 Å². The van der Waals surface area contributed by atoms with Crippen molar-refractivity contribution >= 4 is 34.1 Å². The highest BCUT2D eigenvalue weighted by Gasteiger charge is 2.81. The first-order chi connectivity index (χ1) is 21.1. The largest absolute Gasteiger partial charge is 0.462 e. The zero-order chi connectivity index (χ0) is 32.8. The second-order valence-electron chi connectivity index (χ2n) is 12.5.